The highest BCUT2D eigenvalue weighted by Gasteiger charge is 2.02. The monoisotopic (exact) mass is 167 g/mol. The third-order valence-electron chi connectivity index (χ3n) is 1.63. The van der Waals surface area contributed by atoms with Gasteiger partial charge in [-0.2, -0.15) is 15.8 Å². The molecular formula is C10H5N3. The van der Waals surface area contributed by atoms with Gasteiger partial charge in [0.15, 0.2) is 0 Å². The molecule has 0 unspecified atom stereocenters. The highest BCUT2D eigenvalue weighted by Crippen LogP contribution is 2.10. The van der Waals surface area contributed by atoms with E-state index in [9.17, 15) is 0 Å². The van der Waals surface area contributed by atoms with E-state index in [1.807, 2.05) is 18.2 Å². The van der Waals surface area contributed by atoms with Gasteiger partial charge in [-0.3, -0.25) is 0 Å². The lowest BCUT2D eigenvalue weighted by atomic mass is 10.0. The van der Waals surface area contributed by atoms with Crippen LogP contribution in [0.3, 0.4) is 0 Å². The number of nitrogens with zero attached hydrogens (tertiary/aromatic N) is 3. The van der Waals surface area contributed by atoms with Crippen LogP contribution >= 0.6 is 0 Å². The molecule has 0 saturated heterocycles. The molecule has 3 heteroatoms. The summed E-state index contributed by atoms with van der Waals surface area (Å²) in [6.07, 6.45) is 0.203. The quantitative estimate of drug-likeness (QED) is 0.636. The minimum Gasteiger partial charge on any atom is -0.198 e. The first-order chi connectivity index (χ1) is 6.31. The maximum atomic E-state index is 8.70. The Morgan fingerprint density at radius 3 is 2.38 bits per heavy atom. The van der Waals surface area contributed by atoms with Gasteiger partial charge < -0.3 is 0 Å². The van der Waals surface area contributed by atoms with E-state index < -0.39 is 0 Å². The second-order valence-corrected chi connectivity index (χ2v) is 2.43. The first-order valence-electron chi connectivity index (χ1n) is 3.62. The van der Waals surface area contributed by atoms with E-state index in [0.29, 0.717) is 16.7 Å². The van der Waals surface area contributed by atoms with Gasteiger partial charge in [-0.1, -0.05) is 6.07 Å². The Kier molecular flexibility index (Phi) is 2.64. The number of nitriles is 3. The molecule has 13 heavy (non-hydrogen) atoms. The lowest BCUT2D eigenvalue weighted by molar-refractivity contribution is 1.24. The van der Waals surface area contributed by atoms with Gasteiger partial charge in [-0.05, 0) is 17.7 Å². The number of benzene rings is 1. The third kappa shape index (κ3) is 1.83. The Morgan fingerprint density at radius 2 is 1.85 bits per heavy atom. The minimum absolute atomic E-state index is 0.203. The molecule has 0 spiro atoms. The zero-order valence-corrected chi connectivity index (χ0v) is 6.78. The summed E-state index contributed by atoms with van der Waals surface area (Å²) < 4.78 is 0. The van der Waals surface area contributed by atoms with Crippen molar-refractivity contribution in [2.75, 3.05) is 0 Å². The van der Waals surface area contributed by atoms with Crippen LogP contribution in [0.15, 0.2) is 18.2 Å². The Balaban J connectivity index is 3.21. The van der Waals surface area contributed by atoms with Crippen LogP contribution in [0.2, 0.25) is 0 Å². The molecule has 0 amide bonds. The van der Waals surface area contributed by atoms with Gasteiger partial charge in [0.05, 0.1) is 35.8 Å². The Labute approximate surface area is 76.1 Å². The predicted octanol–water partition coefficient (Wildman–Crippen LogP) is 1.50. The molecule has 0 aliphatic carbocycles. The van der Waals surface area contributed by atoms with Crippen molar-refractivity contribution in [3.05, 3.63) is 34.9 Å². The predicted molar refractivity (Wildman–Crippen MR) is 45.2 cm³/mol. The van der Waals surface area contributed by atoms with Crippen LogP contribution in [0.5, 0.6) is 0 Å². The van der Waals surface area contributed by atoms with Crippen molar-refractivity contribution in [2.24, 2.45) is 0 Å². The summed E-state index contributed by atoms with van der Waals surface area (Å²) in [6.45, 7) is 0. The van der Waals surface area contributed by atoms with Gasteiger partial charge in [0, 0.05) is 0 Å². The summed E-state index contributed by atoms with van der Waals surface area (Å²) in [5.74, 6) is 0. The van der Waals surface area contributed by atoms with Crippen molar-refractivity contribution >= 4 is 0 Å². The van der Waals surface area contributed by atoms with Crippen molar-refractivity contribution in [3.8, 4) is 18.2 Å². The molecule has 0 aliphatic heterocycles. The van der Waals surface area contributed by atoms with Crippen molar-refractivity contribution in [1.29, 1.82) is 15.8 Å². The van der Waals surface area contributed by atoms with Gasteiger partial charge in [0.2, 0.25) is 0 Å². The molecule has 0 heterocycles. The molecule has 0 N–H and O–H groups in total. The van der Waals surface area contributed by atoms with Gasteiger partial charge in [0.1, 0.15) is 0 Å². The summed E-state index contributed by atoms with van der Waals surface area (Å²) in [7, 11) is 0. The molecule has 1 aromatic rings. The molecule has 0 saturated carbocycles. The minimum atomic E-state index is 0.203. The summed E-state index contributed by atoms with van der Waals surface area (Å²) in [5.41, 5.74) is 1.52. The highest BCUT2D eigenvalue weighted by atomic mass is 14.3. The largest absolute Gasteiger partial charge is 0.198 e. The topological polar surface area (TPSA) is 71.4 Å². The van der Waals surface area contributed by atoms with Crippen LogP contribution in [0.25, 0.3) is 0 Å². The standard InChI is InChI=1S/C10H5N3/c11-4-3-9-2-1-8(6-12)5-10(9)7-13/h1-2,5H,3H2. The van der Waals surface area contributed by atoms with Crippen LogP contribution in [0.4, 0.5) is 0 Å². The average molecular weight is 167 g/mol. The molecule has 1 aromatic carbocycles. The van der Waals surface area contributed by atoms with Crippen LogP contribution in [-0.4, -0.2) is 0 Å². The summed E-state index contributed by atoms with van der Waals surface area (Å²) in [4.78, 5) is 0. The number of hydrogen-bond donors (Lipinski definition) is 0. The average Bonchev–Trinajstić information content (AvgIpc) is 2.19. The van der Waals surface area contributed by atoms with Crippen molar-refractivity contribution in [2.45, 2.75) is 6.42 Å². The fourth-order valence-corrected chi connectivity index (χ4v) is 0.989. The van der Waals surface area contributed by atoms with Crippen LogP contribution < -0.4 is 0 Å². The third-order valence-corrected chi connectivity index (χ3v) is 1.63. The second-order valence-electron chi connectivity index (χ2n) is 2.43. The molecule has 0 atom stereocenters. The lowest BCUT2D eigenvalue weighted by Crippen LogP contribution is -1.89. The fraction of sp³-hybridized carbons (Fsp3) is 0.100. The van der Waals surface area contributed by atoms with Gasteiger partial charge >= 0.3 is 0 Å². The molecule has 0 aliphatic rings. The molecule has 0 bridgehead atoms. The van der Waals surface area contributed by atoms with E-state index >= 15 is 0 Å². The van der Waals surface area contributed by atoms with Gasteiger partial charge in [-0.25, -0.2) is 0 Å². The Hall–Kier alpha value is -2.31. The van der Waals surface area contributed by atoms with Crippen LogP contribution in [0, 0.1) is 34.0 Å². The smallest absolute Gasteiger partial charge is 0.0995 e. The van der Waals surface area contributed by atoms with Crippen LogP contribution in [-0.2, 0) is 6.42 Å². The van der Waals surface area contributed by atoms with E-state index in [0.717, 1.165) is 0 Å². The van der Waals surface area contributed by atoms with Gasteiger partial charge in [-0.15, -0.1) is 0 Å². The van der Waals surface area contributed by atoms with E-state index in [-0.39, 0.29) is 6.42 Å². The van der Waals surface area contributed by atoms with E-state index in [1.54, 1.807) is 12.1 Å². The number of hydrogen-bond acceptors (Lipinski definition) is 3. The maximum absolute atomic E-state index is 8.70. The highest BCUT2D eigenvalue weighted by molar-refractivity contribution is 5.45. The number of rotatable bonds is 1. The molecular weight excluding hydrogens is 162 g/mol. The van der Waals surface area contributed by atoms with E-state index in [2.05, 4.69) is 0 Å². The van der Waals surface area contributed by atoms with E-state index in [4.69, 9.17) is 15.8 Å². The summed E-state index contributed by atoms with van der Waals surface area (Å²) in [6, 6.07) is 10.6. The second kappa shape index (κ2) is 3.90. The molecule has 1 rings (SSSR count). The Bertz CT molecular complexity index is 441. The van der Waals surface area contributed by atoms with Crippen LogP contribution in [0.1, 0.15) is 16.7 Å². The normalized spacial score (nSPS) is 8.08. The zero-order valence-electron chi connectivity index (χ0n) is 6.78. The molecule has 0 radical (unpaired) electrons. The van der Waals surface area contributed by atoms with Crippen molar-refractivity contribution in [3.63, 3.8) is 0 Å². The lowest BCUT2D eigenvalue weighted by Gasteiger charge is -1.97. The maximum Gasteiger partial charge on any atom is 0.0995 e. The first kappa shape index (κ1) is 8.78. The molecule has 0 fully saturated rings. The molecule has 3 nitrogen and oxygen atoms in total. The van der Waals surface area contributed by atoms with E-state index in [1.165, 1.54) is 6.07 Å². The SMILES string of the molecule is N#CCc1ccc(C#N)cc1C#N. The summed E-state index contributed by atoms with van der Waals surface area (Å²) >= 11 is 0. The molecule has 0 aromatic heterocycles. The fourth-order valence-electron chi connectivity index (χ4n) is 0.989. The zero-order chi connectivity index (χ0) is 9.68. The van der Waals surface area contributed by atoms with Crippen molar-refractivity contribution < 1.29 is 0 Å². The first-order valence-corrected chi connectivity index (χ1v) is 3.62. The molecule has 60 valence electrons. The Morgan fingerprint density at radius 1 is 1.08 bits per heavy atom. The van der Waals surface area contributed by atoms with Crippen molar-refractivity contribution in [1.82, 2.24) is 0 Å². The van der Waals surface area contributed by atoms with Gasteiger partial charge in [0.25, 0.3) is 0 Å². The summed E-state index contributed by atoms with van der Waals surface area (Å²) in [5, 5.41) is 25.7.